The number of carboxylic acid groups (broad SMARTS) is 1. The lowest BCUT2D eigenvalue weighted by atomic mass is 10.2. The van der Waals surface area contributed by atoms with Crippen LogP contribution in [0.5, 0.6) is 0 Å². The molecule has 1 aromatic rings. The summed E-state index contributed by atoms with van der Waals surface area (Å²) in [7, 11) is 2.30. The van der Waals surface area contributed by atoms with Gasteiger partial charge in [-0.25, -0.2) is 14.4 Å². The number of hydrogen-bond acceptors (Lipinski definition) is 6. The molecule has 0 bridgehead atoms. The highest BCUT2D eigenvalue weighted by Crippen LogP contribution is 2.16. The molecular weight excluding hydrogens is 266 g/mol. The standard InChI is InChI=1S/C13H13NO6/c1-19-12(17)8-5-3-4-6-10(8)14-7-9(11(15)16)13(18)20-2/h3-7,14H,1-2H3,(H,15,16). The number of anilines is 1. The van der Waals surface area contributed by atoms with Crippen molar-refractivity contribution in [3.05, 3.63) is 41.6 Å². The highest BCUT2D eigenvalue weighted by molar-refractivity contribution is 6.13. The first-order valence-corrected chi connectivity index (χ1v) is 5.47. The summed E-state index contributed by atoms with van der Waals surface area (Å²) < 4.78 is 8.93. The van der Waals surface area contributed by atoms with Gasteiger partial charge in [0.2, 0.25) is 0 Å². The second-order valence-electron chi connectivity index (χ2n) is 3.54. The minimum absolute atomic E-state index is 0.209. The fraction of sp³-hybridized carbons (Fsp3) is 0.154. The van der Waals surface area contributed by atoms with Gasteiger partial charge in [0, 0.05) is 6.20 Å². The summed E-state index contributed by atoms with van der Waals surface area (Å²) in [6.45, 7) is 0. The number of methoxy groups -OCH3 is 2. The number of carboxylic acids is 1. The molecule has 106 valence electrons. The zero-order valence-electron chi connectivity index (χ0n) is 10.9. The molecule has 0 aromatic heterocycles. The minimum Gasteiger partial charge on any atom is -0.477 e. The van der Waals surface area contributed by atoms with Crippen molar-refractivity contribution in [1.29, 1.82) is 0 Å². The van der Waals surface area contributed by atoms with Crippen LogP contribution in [0.25, 0.3) is 0 Å². The molecule has 0 amide bonds. The molecule has 0 saturated carbocycles. The van der Waals surface area contributed by atoms with E-state index in [4.69, 9.17) is 5.11 Å². The number of aliphatic carboxylic acids is 1. The molecule has 1 aromatic carbocycles. The molecule has 20 heavy (non-hydrogen) atoms. The molecule has 0 aliphatic heterocycles. The van der Waals surface area contributed by atoms with Gasteiger partial charge in [-0.15, -0.1) is 0 Å². The van der Waals surface area contributed by atoms with Crippen molar-refractivity contribution in [1.82, 2.24) is 0 Å². The largest absolute Gasteiger partial charge is 0.477 e. The maximum atomic E-state index is 11.5. The maximum Gasteiger partial charge on any atom is 0.346 e. The van der Waals surface area contributed by atoms with Crippen LogP contribution in [0.1, 0.15) is 10.4 Å². The van der Waals surface area contributed by atoms with Gasteiger partial charge in [0.15, 0.2) is 5.57 Å². The molecule has 7 nitrogen and oxygen atoms in total. The SMILES string of the molecule is COC(=O)C(=CNc1ccccc1C(=O)OC)C(=O)O. The van der Waals surface area contributed by atoms with Gasteiger partial charge in [0.05, 0.1) is 25.5 Å². The van der Waals surface area contributed by atoms with Crippen LogP contribution in [0.15, 0.2) is 36.0 Å². The van der Waals surface area contributed by atoms with Crippen LogP contribution in [0.2, 0.25) is 0 Å². The van der Waals surface area contributed by atoms with E-state index in [0.717, 1.165) is 13.3 Å². The minimum atomic E-state index is -1.44. The Bertz CT molecular complexity index is 564. The number of benzene rings is 1. The first-order chi connectivity index (χ1) is 9.51. The molecule has 0 spiro atoms. The fourth-order valence-electron chi connectivity index (χ4n) is 1.36. The molecule has 0 unspecified atom stereocenters. The van der Waals surface area contributed by atoms with Crippen molar-refractivity contribution in [2.45, 2.75) is 0 Å². The molecule has 0 atom stereocenters. The quantitative estimate of drug-likeness (QED) is 0.359. The number of carbonyl (C=O) groups excluding carboxylic acids is 2. The predicted octanol–water partition coefficient (Wildman–Crippen LogP) is 1.03. The van der Waals surface area contributed by atoms with Crippen molar-refractivity contribution in [2.24, 2.45) is 0 Å². The van der Waals surface area contributed by atoms with Crippen LogP contribution in [-0.2, 0) is 19.1 Å². The molecule has 7 heteroatoms. The summed E-state index contributed by atoms with van der Waals surface area (Å²) >= 11 is 0. The molecule has 0 aliphatic carbocycles. The summed E-state index contributed by atoms with van der Waals surface area (Å²) in [4.78, 5) is 33.7. The van der Waals surface area contributed by atoms with Crippen molar-refractivity contribution in [3.63, 3.8) is 0 Å². The van der Waals surface area contributed by atoms with E-state index in [1.54, 1.807) is 18.2 Å². The second kappa shape index (κ2) is 6.93. The third-order valence-electron chi connectivity index (χ3n) is 2.34. The zero-order chi connectivity index (χ0) is 15.1. The topological polar surface area (TPSA) is 102 Å². The fourth-order valence-corrected chi connectivity index (χ4v) is 1.36. The Hall–Kier alpha value is -2.83. The van der Waals surface area contributed by atoms with E-state index in [-0.39, 0.29) is 5.56 Å². The third kappa shape index (κ3) is 3.58. The number of rotatable bonds is 5. The second-order valence-corrected chi connectivity index (χ2v) is 3.54. The van der Waals surface area contributed by atoms with Crippen LogP contribution in [-0.4, -0.2) is 37.2 Å². The Morgan fingerprint density at radius 3 is 2.35 bits per heavy atom. The van der Waals surface area contributed by atoms with Crippen LogP contribution >= 0.6 is 0 Å². The van der Waals surface area contributed by atoms with Crippen molar-refractivity contribution in [3.8, 4) is 0 Å². The third-order valence-corrected chi connectivity index (χ3v) is 2.34. The van der Waals surface area contributed by atoms with Gasteiger partial charge >= 0.3 is 17.9 Å². The Kier molecular flexibility index (Phi) is 5.28. The maximum absolute atomic E-state index is 11.5. The molecule has 2 N–H and O–H groups in total. The summed E-state index contributed by atoms with van der Waals surface area (Å²) in [5.74, 6) is -3.03. The van der Waals surface area contributed by atoms with Gasteiger partial charge in [-0.2, -0.15) is 0 Å². The highest BCUT2D eigenvalue weighted by Gasteiger charge is 2.18. The number of ether oxygens (including phenoxy) is 2. The van der Waals surface area contributed by atoms with Gasteiger partial charge in [0.1, 0.15) is 0 Å². The Morgan fingerprint density at radius 1 is 1.15 bits per heavy atom. The van der Waals surface area contributed by atoms with E-state index in [1.807, 2.05) is 0 Å². The number of nitrogens with one attached hydrogen (secondary N) is 1. The van der Waals surface area contributed by atoms with Crippen LogP contribution < -0.4 is 5.32 Å². The predicted molar refractivity (Wildman–Crippen MR) is 69.1 cm³/mol. The highest BCUT2D eigenvalue weighted by atomic mass is 16.5. The van der Waals surface area contributed by atoms with Crippen molar-refractivity contribution >= 4 is 23.6 Å². The van der Waals surface area contributed by atoms with Crippen molar-refractivity contribution in [2.75, 3.05) is 19.5 Å². The number of hydrogen-bond donors (Lipinski definition) is 2. The van der Waals surface area contributed by atoms with E-state index in [2.05, 4.69) is 14.8 Å². The number of esters is 2. The van der Waals surface area contributed by atoms with Gasteiger partial charge < -0.3 is 19.9 Å². The molecule has 0 aliphatic rings. The van der Waals surface area contributed by atoms with Crippen LogP contribution in [0.4, 0.5) is 5.69 Å². The lowest BCUT2D eigenvalue weighted by Crippen LogP contribution is -2.15. The van der Waals surface area contributed by atoms with Gasteiger partial charge in [0.25, 0.3) is 0 Å². The molecule has 1 rings (SSSR count). The monoisotopic (exact) mass is 279 g/mol. The van der Waals surface area contributed by atoms with E-state index >= 15 is 0 Å². The Morgan fingerprint density at radius 2 is 1.80 bits per heavy atom. The summed E-state index contributed by atoms with van der Waals surface area (Å²) in [6.07, 6.45) is 0.954. The van der Waals surface area contributed by atoms with Crippen molar-refractivity contribution < 1.29 is 29.0 Å². The van der Waals surface area contributed by atoms with Crippen LogP contribution in [0, 0.1) is 0 Å². The van der Waals surface area contributed by atoms with E-state index < -0.39 is 23.5 Å². The summed E-state index contributed by atoms with van der Waals surface area (Å²) in [5, 5.41) is 11.5. The average molecular weight is 279 g/mol. The van der Waals surface area contributed by atoms with Gasteiger partial charge in [-0.05, 0) is 12.1 Å². The smallest absolute Gasteiger partial charge is 0.346 e. The first kappa shape index (κ1) is 15.2. The lowest BCUT2D eigenvalue weighted by Gasteiger charge is -2.08. The summed E-state index contributed by atoms with van der Waals surface area (Å²) in [5.41, 5.74) is -0.0740. The molecular formula is C13H13NO6. The lowest BCUT2D eigenvalue weighted by molar-refractivity contribution is -0.142. The van der Waals surface area contributed by atoms with E-state index in [9.17, 15) is 14.4 Å². The zero-order valence-corrected chi connectivity index (χ0v) is 10.9. The molecule has 0 saturated heterocycles. The van der Waals surface area contributed by atoms with Crippen LogP contribution in [0.3, 0.4) is 0 Å². The van der Waals surface area contributed by atoms with E-state index in [1.165, 1.54) is 13.2 Å². The molecule has 0 heterocycles. The average Bonchev–Trinajstić information content (AvgIpc) is 2.46. The van der Waals surface area contributed by atoms with Gasteiger partial charge in [-0.1, -0.05) is 12.1 Å². The normalized spacial score (nSPS) is 10.6. The first-order valence-electron chi connectivity index (χ1n) is 5.47. The Balaban J connectivity index is 3.07. The molecule has 0 radical (unpaired) electrons. The summed E-state index contributed by atoms with van der Waals surface area (Å²) in [6, 6.07) is 6.31. The Labute approximate surface area is 114 Å². The number of carbonyl (C=O) groups is 3. The number of para-hydroxylation sites is 1. The van der Waals surface area contributed by atoms with Gasteiger partial charge in [-0.3, -0.25) is 0 Å². The van der Waals surface area contributed by atoms with E-state index in [0.29, 0.717) is 5.69 Å². The molecule has 0 fully saturated rings.